The number of benzene rings is 2. The van der Waals surface area contributed by atoms with Crippen LogP contribution in [0.4, 0.5) is 0 Å². The van der Waals surface area contributed by atoms with Crippen molar-refractivity contribution in [1.82, 2.24) is 0 Å². The second-order valence-electron chi connectivity index (χ2n) is 5.91. The van der Waals surface area contributed by atoms with Crippen molar-refractivity contribution in [2.24, 2.45) is 4.99 Å². The fourth-order valence-corrected chi connectivity index (χ4v) is 3.20. The summed E-state index contributed by atoms with van der Waals surface area (Å²) in [5.41, 5.74) is 2.11. The Morgan fingerprint density at radius 3 is 2.60 bits per heavy atom. The van der Waals surface area contributed by atoms with E-state index in [2.05, 4.69) is 4.99 Å². The molecule has 4 rings (SSSR count). The van der Waals surface area contributed by atoms with Gasteiger partial charge in [0, 0.05) is 11.8 Å². The van der Waals surface area contributed by atoms with E-state index in [9.17, 15) is 0 Å². The Labute approximate surface area is 146 Å². The van der Waals surface area contributed by atoms with Gasteiger partial charge in [-0.25, -0.2) is 0 Å². The zero-order valence-electron chi connectivity index (χ0n) is 14.1. The summed E-state index contributed by atoms with van der Waals surface area (Å²) in [6.45, 7) is 0.227. The highest BCUT2D eigenvalue weighted by Crippen LogP contribution is 2.42. The van der Waals surface area contributed by atoms with Crippen LogP contribution in [0.5, 0.6) is 11.5 Å². The van der Waals surface area contributed by atoms with Crippen molar-refractivity contribution in [3.63, 3.8) is 0 Å². The molecule has 2 atom stereocenters. The van der Waals surface area contributed by atoms with Crippen molar-refractivity contribution in [2.75, 3.05) is 21.0 Å². The Balaban J connectivity index is 1.78. The molecule has 5 nitrogen and oxygen atoms in total. The lowest BCUT2D eigenvalue weighted by atomic mass is 9.85. The quantitative estimate of drug-likeness (QED) is 0.858. The molecule has 0 N–H and O–H groups in total. The number of fused-ring (bicyclic) bond motifs is 1. The van der Waals surface area contributed by atoms with Crippen LogP contribution in [0.15, 0.2) is 59.6 Å². The summed E-state index contributed by atoms with van der Waals surface area (Å²) in [6.07, 6.45) is 3.59. The van der Waals surface area contributed by atoms with Crippen LogP contribution < -0.4 is 9.47 Å². The van der Waals surface area contributed by atoms with Gasteiger partial charge in [0.1, 0.15) is 30.0 Å². The van der Waals surface area contributed by atoms with Crippen LogP contribution in [-0.2, 0) is 15.1 Å². The highest BCUT2D eigenvalue weighted by molar-refractivity contribution is 5.82. The van der Waals surface area contributed by atoms with Gasteiger partial charge in [-0.05, 0) is 35.9 Å². The van der Waals surface area contributed by atoms with E-state index in [0.29, 0.717) is 0 Å². The highest BCUT2D eigenvalue weighted by Gasteiger charge is 2.47. The van der Waals surface area contributed by atoms with Crippen LogP contribution in [-0.4, -0.2) is 33.3 Å². The molecule has 0 aliphatic carbocycles. The molecular formula is C20H19NO4. The second-order valence-corrected chi connectivity index (χ2v) is 5.91. The largest absolute Gasteiger partial charge is 0.497 e. The van der Waals surface area contributed by atoms with Crippen molar-refractivity contribution >= 4 is 11.9 Å². The molecule has 1 saturated heterocycles. The van der Waals surface area contributed by atoms with Crippen molar-refractivity contribution in [1.29, 1.82) is 0 Å². The first-order valence-electron chi connectivity index (χ1n) is 8.07. The number of hydrogen-bond donors (Lipinski definition) is 0. The minimum atomic E-state index is -0.688. The predicted octanol–water partition coefficient (Wildman–Crippen LogP) is 3.40. The molecule has 1 fully saturated rings. The summed E-state index contributed by atoms with van der Waals surface area (Å²) >= 11 is 0. The topological polar surface area (TPSA) is 49.3 Å². The summed E-state index contributed by atoms with van der Waals surface area (Å²) in [6, 6.07) is 15.7. The summed E-state index contributed by atoms with van der Waals surface area (Å²) in [5, 5.41) is 0. The van der Waals surface area contributed by atoms with E-state index < -0.39 is 5.60 Å². The molecule has 0 radical (unpaired) electrons. The van der Waals surface area contributed by atoms with Crippen molar-refractivity contribution in [3.05, 3.63) is 65.7 Å². The molecule has 2 aromatic rings. The molecule has 2 aromatic carbocycles. The van der Waals surface area contributed by atoms with E-state index in [4.69, 9.17) is 18.9 Å². The van der Waals surface area contributed by atoms with E-state index in [0.717, 1.165) is 28.3 Å². The van der Waals surface area contributed by atoms with Crippen LogP contribution >= 0.6 is 0 Å². The molecule has 25 heavy (non-hydrogen) atoms. The number of hydrogen-bond acceptors (Lipinski definition) is 5. The van der Waals surface area contributed by atoms with Gasteiger partial charge >= 0.3 is 0 Å². The first kappa shape index (κ1) is 15.9. The average molecular weight is 337 g/mol. The van der Waals surface area contributed by atoms with Crippen LogP contribution in [0.25, 0.3) is 5.70 Å². The third kappa shape index (κ3) is 2.71. The van der Waals surface area contributed by atoms with Gasteiger partial charge in [0.15, 0.2) is 0 Å². The Morgan fingerprint density at radius 2 is 1.84 bits per heavy atom. The monoisotopic (exact) mass is 337 g/mol. The molecule has 0 saturated carbocycles. The first-order valence-corrected chi connectivity index (χ1v) is 8.07. The lowest BCUT2D eigenvalue weighted by Crippen LogP contribution is -2.38. The summed E-state index contributed by atoms with van der Waals surface area (Å²) in [7, 11) is 3.31. The number of nitrogens with zero attached hydrogens (tertiary/aromatic N) is 1. The maximum Gasteiger partial charge on any atom is 0.149 e. The van der Waals surface area contributed by atoms with Gasteiger partial charge in [-0.15, -0.1) is 0 Å². The van der Waals surface area contributed by atoms with Gasteiger partial charge in [-0.2, -0.15) is 0 Å². The minimum absolute atomic E-state index is 0.227. The molecule has 0 spiro atoms. The van der Waals surface area contributed by atoms with Gasteiger partial charge in [0.25, 0.3) is 0 Å². The molecule has 2 aliphatic rings. The molecule has 5 heteroatoms. The van der Waals surface area contributed by atoms with Crippen molar-refractivity contribution in [2.45, 2.75) is 11.7 Å². The fourth-order valence-electron chi connectivity index (χ4n) is 3.20. The second kappa shape index (κ2) is 6.35. The van der Waals surface area contributed by atoms with Gasteiger partial charge < -0.3 is 18.9 Å². The SMILES string of the molecule is COc1ccc(C23C=C(c4cccc(OC)c4)N=CC2OCO3)cc1. The van der Waals surface area contributed by atoms with E-state index in [-0.39, 0.29) is 12.9 Å². The summed E-state index contributed by atoms with van der Waals surface area (Å²) in [5.74, 6) is 1.59. The standard InChI is InChI=1S/C20H19NO4/c1-22-16-8-6-15(7-9-16)20-11-18(21-12-19(20)24-13-25-20)14-4-3-5-17(10-14)23-2/h3-12,19H,13H2,1-2H3. The average Bonchev–Trinajstić information content (AvgIpc) is 3.12. The number of aliphatic imine (C=N–C) groups is 1. The molecule has 2 heterocycles. The van der Waals surface area contributed by atoms with E-state index >= 15 is 0 Å². The van der Waals surface area contributed by atoms with E-state index in [1.54, 1.807) is 14.2 Å². The van der Waals surface area contributed by atoms with E-state index in [1.807, 2.05) is 60.8 Å². The fraction of sp³-hybridized carbons (Fsp3) is 0.250. The normalized spacial score (nSPS) is 24.6. The zero-order valence-corrected chi connectivity index (χ0v) is 14.1. The van der Waals surface area contributed by atoms with Gasteiger partial charge in [-0.3, -0.25) is 4.99 Å². The molecule has 128 valence electrons. The molecule has 0 aromatic heterocycles. The molecular weight excluding hydrogens is 318 g/mol. The van der Waals surface area contributed by atoms with Crippen LogP contribution in [0.1, 0.15) is 11.1 Å². The number of methoxy groups -OCH3 is 2. The van der Waals surface area contributed by atoms with Crippen LogP contribution in [0.3, 0.4) is 0 Å². The summed E-state index contributed by atoms with van der Waals surface area (Å²) < 4.78 is 22.4. The van der Waals surface area contributed by atoms with Crippen molar-refractivity contribution < 1.29 is 18.9 Å². The third-order valence-electron chi connectivity index (χ3n) is 4.57. The Kier molecular flexibility index (Phi) is 4.03. The number of ether oxygens (including phenoxy) is 4. The lowest BCUT2D eigenvalue weighted by molar-refractivity contribution is 0.0154. The van der Waals surface area contributed by atoms with Crippen LogP contribution in [0, 0.1) is 0 Å². The van der Waals surface area contributed by atoms with Gasteiger partial charge in [-0.1, -0.05) is 24.3 Å². The minimum Gasteiger partial charge on any atom is -0.497 e. The Hall–Kier alpha value is -2.63. The summed E-state index contributed by atoms with van der Waals surface area (Å²) in [4.78, 5) is 4.57. The molecule has 0 amide bonds. The highest BCUT2D eigenvalue weighted by atomic mass is 16.7. The third-order valence-corrected chi connectivity index (χ3v) is 4.57. The lowest BCUT2D eigenvalue weighted by Gasteiger charge is -2.31. The molecule has 0 bridgehead atoms. The van der Waals surface area contributed by atoms with Crippen LogP contribution in [0.2, 0.25) is 0 Å². The maximum atomic E-state index is 6.05. The van der Waals surface area contributed by atoms with E-state index in [1.165, 1.54) is 0 Å². The zero-order chi connectivity index (χ0) is 17.3. The van der Waals surface area contributed by atoms with Crippen molar-refractivity contribution in [3.8, 4) is 11.5 Å². The van der Waals surface area contributed by atoms with Gasteiger partial charge in [0.05, 0.1) is 19.9 Å². The number of rotatable bonds is 4. The Morgan fingerprint density at radius 1 is 1.04 bits per heavy atom. The molecule has 2 unspecified atom stereocenters. The molecule has 2 aliphatic heterocycles. The predicted molar refractivity (Wildman–Crippen MR) is 95.0 cm³/mol. The maximum absolute atomic E-state index is 6.05. The first-order chi connectivity index (χ1) is 12.2. The van der Waals surface area contributed by atoms with Gasteiger partial charge in [0.2, 0.25) is 0 Å². The smallest absolute Gasteiger partial charge is 0.149 e. The Bertz CT molecular complexity index is 828.